The standard InChI is InChI=1S/C14H19NO6S/c1-20-9-5-10(11-4-8(7-15-11)14(16)17)13(21-2)12(6-9)22(3,18)19/h5-6,8,11,15H,4,7H2,1-3H3,(H,16,17). The number of aliphatic carboxylic acids is 1. The molecule has 2 N–H and O–H groups in total. The van der Waals surface area contributed by atoms with Gasteiger partial charge in [-0.2, -0.15) is 0 Å². The van der Waals surface area contributed by atoms with Crippen LogP contribution in [0.15, 0.2) is 17.0 Å². The quantitative estimate of drug-likeness (QED) is 0.825. The van der Waals surface area contributed by atoms with Crippen LogP contribution in [-0.4, -0.2) is 46.5 Å². The zero-order valence-electron chi connectivity index (χ0n) is 12.6. The number of hydrogen-bond acceptors (Lipinski definition) is 6. The largest absolute Gasteiger partial charge is 0.497 e. The van der Waals surface area contributed by atoms with E-state index in [0.717, 1.165) is 6.26 Å². The van der Waals surface area contributed by atoms with Crippen LogP contribution in [0, 0.1) is 5.92 Å². The van der Waals surface area contributed by atoms with Crippen LogP contribution in [0.1, 0.15) is 18.0 Å². The summed E-state index contributed by atoms with van der Waals surface area (Å²) in [5, 5.41) is 12.2. The van der Waals surface area contributed by atoms with Gasteiger partial charge in [0.05, 0.1) is 20.1 Å². The van der Waals surface area contributed by atoms with Gasteiger partial charge in [0.15, 0.2) is 9.84 Å². The van der Waals surface area contributed by atoms with Gasteiger partial charge in [0.2, 0.25) is 0 Å². The fraction of sp³-hybridized carbons (Fsp3) is 0.500. The van der Waals surface area contributed by atoms with Gasteiger partial charge in [-0.05, 0) is 12.5 Å². The van der Waals surface area contributed by atoms with E-state index < -0.39 is 21.7 Å². The molecular formula is C14H19NO6S. The summed E-state index contributed by atoms with van der Waals surface area (Å²) < 4.78 is 34.4. The second-order valence-electron chi connectivity index (χ2n) is 5.25. The van der Waals surface area contributed by atoms with E-state index in [2.05, 4.69) is 5.32 Å². The van der Waals surface area contributed by atoms with E-state index in [1.165, 1.54) is 20.3 Å². The Kier molecular flexibility index (Phi) is 4.62. The summed E-state index contributed by atoms with van der Waals surface area (Å²) in [6.07, 6.45) is 1.46. The Morgan fingerprint density at radius 1 is 1.32 bits per heavy atom. The average molecular weight is 329 g/mol. The summed E-state index contributed by atoms with van der Waals surface area (Å²) in [5.41, 5.74) is 0.589. The number of sulfone groups is 1. The van der Waals surface area contributed by atoms with Crippen molar-refractivity contribution in [2.45, 2.75) is 17.4 Å². The van der Waals surface area contributed by atoms with Crippen molar-refractivity contribution in [3.63, 3.8) is 0 Å². The molecule has 1 aromatic carbocycles. The highest BCUT2D eigenvalue weighted by Gasteiger charge is 2.33. The molecular weight excluding hydrogens is 310 g/mol. The molecule has 0 spiro atoms. The molecule has 1 aliphatic heterocycles. The first-order valence-electron chi connectivity index (χ1n) is 6.70. The predicted molar refractivity (Wildman–Crippen MR) is 79.1 cm³/mol. The van der Waals surface area contributed by atoms with Gasteiger partial charge >= 0.3 is 5.97 Å². The molecule has 1 fully saturated rings. The Labute approximate surface area is 129 Å². The van der Waals surface area contributed by atoms with Crippen molar-refractivity contribution < 1.29 is 27.8 Å². The van der Waals surface area contributed by atoms with Crippen molar-refractivity contribution in [3.8, 4) is 11.5 Å². The first kappa shape index (κ1) is 16.6. The molecule has 2 atom stereocenters. The van der Waals surface area contributed by atoms with Gasteiger partial charge in [0, 0.05) is 30.5 Å². The van der Waals surface area contributed by atoms with Gasteiger partial charge in [-0.25, -0.2) is 8.42 Å². The molecule has 1 aliphatic rings. The molecule has 2 rings (SSSR count). The average Bonchev–Trinajstić information content (AvgIpc) is 2.94. The van der Waals surface area contributed by atoms with Crippen LogP contribution in [-0.2, 0) is 14.6 Å². The van der Waals surface area contributed by atoms with Crippen molar-refractivity contribution in [1.82, 2.24) is 5.32 Å². The Balaban J connectivity index is 2.53. The van der Waals surface area contributed by atoms with Crippen LogP contribution >= 0.6 is 0 Å². The number of carboxylic acids is 1. The van der Waals surface area contributed by atoms with Gasteiger partial charge in [-0.1, -0.05) is 0 Å². The molecule has 22 heavy (non-hydrogen) atoms. The van der Waals surface area contributed by atoms with Crippen LogP contribution in [0.25, 0.3) is 0 Å². The third-order valence-corrected chi connectivity index (χ3v) is 4.85. The van der Waals surface area contributed by atoms with Gasteiger partial charge in [0.1, 0.15) is 16.4 Å². The highest BCUT2D eigenvalue weighted by Crippen LogP contribution is 2.40. The van der Waals surface area contributed by atoms with E-state index in [4.69, 9.17) is 14.6 Å². The molecule has 0 bridgehead atoms. The highest BCUT2D eigenvalue weighted by atomic mass is 32.2. The van der Waals surface area contributed by atoms with Crippen molar-refractivity contribution >= 4 is 15.8 Å². The zero-order valence-corrected chi connectivity index (χ0v) is 13.4. The lowest BCUT2D eigenvalue weighted by molar-refractivity contribution is -0.141. The Bertz CT molecular complexity index is 685. The van der Waals surface area contributed by atoms with Crippen LogP contribution in [0.5, 0.6) is 11.5 Å². The van der Waals surface area contributed by atoms with Crippen molar-refractivity contribution in [2.75, 3.05) is 27.0 Å². The smallest absolute Gasteiger partial charge is 0.307 e. The SMILES string of the molecule is COc1cc(C2CC(C(=O)O)CN2)c(OC)c(S(C)(=O)=O)c1. The maximum Gasteiger partial charge on any atom is 0.307 e. The number of rotatable bonds is 5. The molecule has 0 saturated carbocycles. The Morgan fingerprint density at radius 2 is 2.00 bits per heavy atom. The fourth-order valence-electron chi connectivity index (χ4n) is 2.63. The molecule has 0 aliphatic carbocycles. The van der Waals surface area contributed by atoms with Crippen molar-refractivity contribution in [1.29, 1.82) is 0 Å². The van der Waals surface area contributed by atoms with E-state index in [1.54, 1.807) is 6.07 Å². The number of carboxylic acid groups (broad SMARTS) is 1. The van der Waals surface area contributed by atoms with E-state index in [9.17, 15) is 13.2 Å². The lowest BCUT2D eigenvalue weighted by Gasteiger charge is -2.19. The minimum Gasteiger partial charge on any atom is -0.497 e. The molecule has 122 valence electrons. The summed E-state index contributed by atoms with van der Waals surface area (Å²) in [4.78, 5) is 11.1. The Morgan fingerprint density at radius 3 is 2.45 bits per heavy atom. The minimum absolute atomic E-state index is 0.0323. The highest BCUT2D eigenvalue weighted by molar-refractivity contribution is 7.90. The van der Waals surface area contributed by atoms with Crippen LogP contribution < -0.4 is 14.8 Å². The second kappa shape index (κ2) is 6.13. The van der Waals surface area contributed by atoms with E-state index in [-0.39, 0.29) is 16.7 Å². The van der Waals surface area contributed by atoms with Crippen molar-refractivity contribution in [2.24, 2.45) is 5.92 Å². The zero-order chi connectivity index (χ0) is 16.5. The third-order valence-electron chi connectivity index (χ3n) is 3.75. The number of carbonyl (C=O) groups is 1. The molecule has 1 heterocycles. The number of methoxy groups -OCH3 is 2. The molecule has 7 nitrogen and oxygen atoms in total. The predicted octanol–water partition coefficient (Wildman–Crippen LogP) is 0.843. The maximum atomic E-state index is 12.0. The van der Waals surface area contributed by atoms with Gasteiger partial charge in [0.25, 0.3) is 0 Å². The summed E-state index contributed by atoms with van der Waals surface area (Å²) in [7, 11) is -0.672. The maximum absolute atomic E-state index is 12.0. The lowest BCUT2D eigenvalue weighted by atomic mass is 9.99. The molecule has 2 unspecified atom stereocenters. The first-order valence-corrected chi connectivity index (χ1v) is 8.59. The molecule has 0 radical (unpaired) electrons. The lowest BCUT2D eigenvalue weighted by Crippen LogP contribution is -2.18. The first-order chi connectivity index (χ1) is 10.3. The summed E-state index contributed by atoms with van der Waals surface area (Å²) >= 11 is 0. The topological polar surface area (TPSA) is 102 Å². The van der Waals surface area contributed by atoms with Crippen LogP contribution in [0.3, 0.4) is 0 Å². The summed E-state index contributed by atoms with van der Waals surface area (Å²) in [5.74, 6) is -0.772. The normalized spacial score (nSPS) is 21.6. The van der Waals surface area contributed by atoms with Gasteiger partial charge in [-0.15, -0.1) is 0 Å². The van der Waals surface area contributed by atoms with E-state index >= 15 is 0 Å². The third kappa shape index (κ3) is 3.17. The molecule has 0 aromatic heterocycles. The molecule has 1 saturated heterocycles. The van der Waals surface area contributed by atoms with E-state index in [0.29, 0.717) is 24.3 Å². The molecule has 1 aromatic rings. The number of nitrogens with one attached hydrogen (secondary N) is 1. The van der Waals surface area contributed by atoms with Crippen LogP contribution in [0.4, 0.5) is 0 Å². The molecule has 0 amide bonds. The number of hydrogen-bond donors (Lipinski definition) is 2. The molecule has 8 heteroatoms. The van der Waals surface area contributed by atoms with Gasteiger partial charge in [-0.3, -0.25) is 4.79 Å². The van der Waals surface area contributed by atoms with Crippen molar-refractivity contribution in [3.05, 3.63) is 17.7 Å². The fourth-order valence-corrected chi connectivity index (χ4v) is 3.50. The number of benzene rings is 1. The number of ether oxygens (including phenoxy) is 2. The summed E-state index contributed by atoms with van der Waals surface area (Å²) in [6, 6.07) is 2.78. The monoisotopic (exact) mass is 329 g/mol. The second-order valence-corrected chi connectivity index (χ2v) is 7.24. The van der Waals surface area contributed by atoms with Crippen LogP contribution in [0.2, 0.25) is 0 Å². The van der Waals surface area contributed by atoms with Gasteiger partial charge < -0.3 is 19.9 Å². The van der Waals surface area contributed by atoms with E-state index in [1.807, 2.05) is 0 Å². The Hall–Kier alpha value is -1.80. The minimum atomic E-state index is -3.51. The summed E-state index contributed by atoms with van der Waals surface area (Å²) in [6.45, 7) is 0.328.